The van der Waals surface area contributed by atoms with Crippen molar-refractivity contribution in [2.45, 2.75) is 26.9 Å². The third-order valence-corrected chi connectivity index (χ3v) is 3.09. The summed E-state index contributed by atoms with van der Waals surface area (Å²) in [5, 5.41) is 2.49. The van der Waals surface area contributed by atoms with E-state index in [4.69, 9.17) is 20.5 Å². The SMILES string of the molecule is CCOC(=O)c1cc(NC(=O)SOC(C)C)ccc1Cl. The highest BCUT2D eigenvalue weighted by Crippen LogP contribution is 2.22. The summed E-state index contributed by atoms with van der Waals surface area (Å²) in [6.07, 6.45) is -0.0638. The van der Waals surface area contributed by atoms with Gasteiger partial charge < -0.3 is 14.2 Å². The van der Waals surface area contributed by atoms with Crippen molar-refractivity contribution in [3.05, 3.63) is 28.8 Å². The molecule has 0 fully saturated rings. The molecule has 0 spiro atoms. The van der Waals surface area contributed by atoms with E-state index in [-0.39, 0.29) is 28.5 Å². The molecule has 0 aromatic heterocycles. The highest BCUT2D eigenvalue weighted by atomic mass is 35.5. The van der Waals surface area contributed by atoms with Gasteiger partial charge >= 0.3 is 11.2 Å². The van der Waals surface area contributed by atoms with E-state index in [1.165, 1.54) is 12.1 Å². The third-order valence-electron chi connectivity index (χ3n) is 2.02. The molecule has 0 heterocycles. The Labute approximate surface area is 127 Å². The molecule has 0 aliphatic carbocycles. The van der Waals surface area contributed by atoms with E-state index < -0.39 is 5.97 Å². The lowest BCUT2D eigenvalue weighted by molar-refractivity contribution is 0.0526. The van der Waals surface area contributed by atoms with Crippen LogP contribution in [0, 0.1) is 0 Å². The van der Waals surface area contributed by atoms with Crippen LogP contribution in [-0.2, 0) is 8.92 Å². The van der Waals surface area contributed by atoms with Crippen LogP contribution in [0.15, 0.2) is 18.2 Å². The summed E-state index contributed by atoms with van der Waals surface area (Å²) in [6.45, 7) is 5.60. The minimum Gasteiger partial charge on any atom is -0.462 e. The van der Waals surface area contributed by atoms with E-state index >= 15 is 0 Å². The molecule has 0 saturated carbocycles. The van der Waals surface area contributed by atoms with Crippen LogP contribution in [0.1, 0.15) is 31.1 Å². The van der Waals surface area contributed by atoms with E-state index in [1.807, 2.05) is 13.8 Å². The van der Waals surface area contributed by atoms with Gasteiger partial charge in [0.1, 0.15) is 0 Å². The Morgan fingerprint density at radius 3 is 2.70 bits per heavy atom. The van der Waals surface area contributed by atoms with Crippen molar-refractivity contribution >= 4 is 40.5 Å². The first-order valence-electron chi connectivity index (χ1n) is 6.05. The smallest absolute Gasteiger partial charge is 0.339 e. The minimum absolute atomic E-state index is 0.0638. The second kappa shape index (κ2) is 8.14. The predicted octanol–water partition coefficient (Wildman–Crippen LogP) is 4.12. The van der Waals surface area contributed by atoms with Gasteiger partial charge in [0.15, 0.2) is 0 Å². The van der Waals surface area contributed by atoms with Gasteiger partial charge in [-0.15, -0.1) is 0 Å². The van der Waals surface area contributed by atoms with Gasteiger partial charge in [0.2, 0.25) is 0 Å². The number of nitrogens with one attached hydrogen (secondary N) is 1. The van der Waals surface area contributed by atoms with Crippen LogP contribution in [0.25, 0.3) is 0 Å². The summed E-state index contributed by atoms with van der Waals surface area (Å²) in [5.74, 6) is -0.528. The largest absolute Gasteiger partial charge is 0.462 e. The summed E-state index contributed by atoms with van der Waals surface area (Å²) in [5.41, 5.74) is 0.656. The highest BCUT2D eigenvalue weighted by molar-refractivity contribution is 8.09. The van der Waals surface area contributed by atoms with Crippen LogP contribution in [0.3, 0.4) is 0 Å². The fourth-order valence-corrected chi connectivity index (χ4v) is 1.88. The van der Waals surface area contributed by atoms with Gasteiger partial charge in [-0.25, -0.2) is 4.79 Å². The zero-order valence-electron chi connectivity index (χ0n) is 11.4. The zero-order valence-corrected chi connectivity index (χ0v) is 13.0. The molecular weight excluding hydrogens is 302 g/mol. The molecule has 0 atom stereocenters. The zero-order chi connectivity index (χ0) is 15.1. The average molecular weight is 318 g/mol. The number of carbonyl (C=O) groups excluding carboxylic acids is 2. The van der Waals surface area contributed by atoms with Crippen LogP contribution in [0.4, 0.5) is 10.5 Å². The van der Waals surface area contributed by atoms with Crippen molar-refractivity contribution in [1.29, 1.82) is 0 Å². The molecule has 0 radical (unpaired) electrons. The molecular formula is C13H16ClNO4S. The molecule has 1 aromatic rings. The van der Waals surface area contributed by atoms with Gasteiger partial charge in [-0.3, -0.25) is 4.79 Å². The monoisotopic (exact) mass is 317 g/mol. The van der Waals surface area contributed by atoms with Gasteiger partial charge in [-0.1, -0.05) is 11.6 Å². The molecule has 110 valence electrons. The highest BCUT2D eigenvalue weighted by Gasteiger charge is 2.13. The lowest BCUT2D eigenvalue weighted by atomic mass is 10.2. The van der Waals surface area contributed by atoms with Crippen LogP contribution in [0.2, 0.25) is 5.02 Å². The minimum atomic E-state index is -0.528. The fraction of sp³-hybridized carbons (Fsp3) is 0.385. The molecule has 1 rings (SSSR count). The van der Waals surface area contributed by atoms with Crippen LogP contribution in [0.5, 0.6) is 0 Å². The average Bonchev–Trinajstić information content (AvgIpc) is 2.39. The fourth-order valence-electron chi connectivity index (χ4n) is 1.25. The normalized spacial score (nSPS) is 10.4. The standard InChI is InChI=1S/C13H16ClNO4S/c1-4-18-12(16)10-7-9(5-6-11(10)14)15-13(17)20-19-8(2)3/h5-8H,4H2,1-3H3,(H,15,17). The summed E-state index contributed by atoms with van der Waals surface area (Å²) >= 11 is 6.63. The topological polar surface area (TPSA) is 64.6 Å². The number of carbonyl (C=O) groups is 2. The summed E-state index contributed by atoms with van der Waals surface area (Å²) < 4.78 is 9.98. The van der Waals surface area contributed by atoms with Crippen molar-refractivity contribution < 1.29 is 18.5 Å². The van der Waals surface area contributed by atoms with Gasteiger partial charge in [0.25, 0.3) is 0 Å². The first-order valence-corrected chi connectivity index (χ1v) is 7.17. The van der Waals surface area contributed by atoms with Gasteiger partial charge in [-0.05, 0) is 39.0 Å². The first-order chi connectivity index (χ1) is 9.43. The van der Waals surface area contributed by atoms with E-state index in [0.717, 1.165) is 0 Å². The molecule has 1 N–H and O–H groups in total. The van der Waals surface area contributed by atoms with Gasteiger partial charge in [0.05, 0.1) is 35.3 Å². The maximum Gasteiger partial charge on any atom is 0.339 e. The van der Waals surface area contributed by atoms with Crippen LogP contribution in [-0.4, -0.2) is 23.9 Å². The summed E-state index contributed by atoms with van der Waals surface area (Å²) in [7, 11) is 0. The number of esters is 1. The van der Waals surface area contributed by atoms with E-state index in [2.05, 4.69) is 5.32 Å². The number of benzene rings is 1. The third kappa shape index (κ3) is 5.40. The van der Waals surface area contributed by atoms with E-state index in [9.17, 15) is 9.59 Å². The van der Waals surface area contributed by atoms with Gasteiger partial charge in [-0.2, -0.15) is 0 Å². The number of rotatable bonds is 5. The van der Waals surface area contributed by atoms with E-state index in [1.54, 1.807) is 13.0 Å². The summed E-state index contributed by atoms with van der Waals surface area (Å²) in [6, 6.07) is 4.59. The Hall–Kier alpha value is -1.24. The quantitative estimate of drug-likeness (QED) is 0.653. The summed E-state index contributed by atoms with van der Waals surface area (Å²) in [4.78, 5) is 23.3. The molecule has 1 amide bonds. The van der Waals surface area contributed by atoms with Crippen molar-refractivity contribution in [1.82, 2.24) is 0 Å². The lowest BCUT2D eigenvalue weighted by Gasteiger charge is -2.09. The number of ether oxygens (including phenoxy) is 1. The Kier molecular flexibility index (Phi) is 6.84. The van der Waals surface area contributed by atoms with Crippen LogP contribution >= 0.6 is 23.6 Å². The molecule has 0 bridgehead atoms. The maximum absolute atomic E-state index is 11.7. The number of anilines is 1. The Balaban J connectivity index is 2.74. The van der Waals surface area contributed by atoms with Crippen molar-refractivity contribution in [3.8, 4) is 0 Å². The molecule has 0 aliphatic heterocycles. The molecule has 7 heteroatoms. The number of amides is 1. The number of hydrogen-bond donors (Lipinski definition) is 1. The lowest BCUT2D eigenvalue weighted by Crippen LogP contribution is -2.10. The second-order valence-corrected chi connectivity index (χ2v) is 5.19. The van der Waals surface area contributed by atoms with Crippen molar-refractivity contribution in [3.63, 3.8) is 0 Å². The van der Waals surface area contributed by atoms with Crippen molar-refractivity contribution in [2.75, 3.05) is 11.9 Å². The predicted molar refractivity (Wildman–Crippen MR) is 80.2 cm³/mol. The molecule has 0 saturated heterocycles. The number of halogens is 1. The molecule has 5 nitrogen and oxygen atoms in total. The molecule has 0 unspecified atom stereocenters. The molecule has 0 aliphatic rings. The Morgan fingerprint density at radius 2 is 2.10 bits per heavy atom. The first kappa shape index (κ1) is 16.8. The Morgan fingerprint density at radius 1 is 1.40 bits per heavy atom. The Bertz CT molecular complexity index is 493. The second-order valence-electron chi connectivity index (χ2n) is 4.06. The van der Waals surface area contributed by atoms with E-state index in [0.29, 0.717) is 17.7 Å². The number of hydrogen-bond acceptors (Lipinski definition) is 5. The maximum atomic E-state index is 11.7. The van der Waals surface area contributed by atoms with Crippen molar-refractivity contribution in [2.24, 2.45) is 0 Å². The van der Waals surface area contributed by atoms with Crippen LogP contribution < -0.4 is 5.32 Å². The molecule has 20 heavy (non-hydrogen) atoms. The molecule has 1 aromatic carbocycles. The van der Waals surface area contributed by atoms with Gasteiger partial charge in [0, 0.05) is 5.69 Å².